The highest BCUT2D eigenvalue weighted by molar-refractivity contribution is 9.11. The lowest BCUT2D eigenvalue weighted by Crippen LogP contribution is -2.59. The van der Waals surface area contributed by atoms with E-state index in [1.165, 1.54) is 9.80 Å². The molecule has 2 aromatic rings. The fourth-order valence-electron chi connectivity index (χ4n) is 8.00. The number of ether oxygens (including phenoxy) is 2. The van der Waals surface area contributed by atoms with Gasteiger partial charge in [-0.05, 0) is 49.5 Å². The van der Waals surface area contributed by atoms with Crippen molar-refractivity contribution in [3.8, 4) is 0 Å². The Morgan fingerprint density at radius 2 is 1.80 bits per heavy atom. The number of hydrogen-bond acceptors (Lipinski definition) is 7. The van der Waals surface area contributed by atoms with Gasteiger partial charge in [-0.25, -0.2) is 0 Å². The quantitative estimate of drug-likeness (QED) is 0.298. The van der Waals surface area contributed by atoms with E-state index in [1.54, 1.807) is 25.1 Å². The van der Waals surface area contributed by atoms with Crippen LogP contribution in [0.25, 0.3) is 0 Å². The average Bonchev–Trinajstić information content (AvgIpc) is 3.69. The number of nitrogens with one attached hydrogen (secondary N) is 1. The van der Waals surface area contributed by atoms with Crippen molar-refractivity contribution >= 4 is 56.9 Å². The molecule has 3 amide bonds. The number of hydrogen-bond donors (Lipinski definition) is 2. The summed E-state index contributed by atoms with van der Waals surface area (Å²) in [6, 6.07) is 11.9. The van der Waals surface area contributed by atoms with Crippen molar-refractivity contribution in [3.63, 3.8) is 0 Å². The van der Waals surface area contributed by atoms with Gasteiger partial charge < -0.3 is 29.7 Å². The van der Waals surface area contributed by atoms with Gasteiger partial charge >= 0.3 is 5.97 Å². The summed E-state index contributed by atoms with van der Waals surface area (Å²) in [6.45, 7) is 7.21. The van der Waals surface area contributed by atoms with Gasteiger partial charge in [-0.3, -0.25) is 19.2 Å². The first-order valence-electron chi connectivity index (χ1n) is 17.2. The summed E-state index contributed by atoms with van der Waals surface area (Å²) in [7, 11) is 0. The third-order valence-corrected chi connectivity index (χ3v) is 11.6. The summed E-state index contributed by atoms with van der Waals surface area (Å²) in [5.41, 5.74) is 0.345. The van der Waals surface area contributed by atoms with E-state index in [0.717, 1.165) is 5.56 Å². The molecule has 5 bridgehead atoms. The summed E-state index contributed by atoms with van der Waals surface area (Å²) in [5.74, 6) is -4.26. The summed E-state index contributed by atoms with van der Waals surface area (Å²) in [6.07, 6.45) is 4.82. The minimum absolute atomic E-state index is 0.0870. The van der Waals surface area contributed by atoms with E-state index in [2.05, 4.69) is 21.2 Å². The monoisotopic (exact) mass is 767 g/mol. The van der Waals surface area contributed by atoms with Gasteiger partial charge in [0.25, 0.3) is 5.91 Å². The lowest BCUT2D eigenvalue weighted by atomic mass is 9.74. The maximum absolute atomic E-state index is 15.3. The second-order valence-corrected chi connectivity index (χ2v) is 15.0. The first-order chi connectivity index (χ1) is 23.9. The topological polar surface area (TPSA) is 125 Å². The van der Waals surface area contributed by atoms with Crippen LogP contribution in [0.3, 0.4) is 0 Å². The number of para-hydroxylation sites is 1. The Labute approximate surface area is 305 Å². The number of carbonyl (C=O) groups is 4. The number of benzene rings is 2. The molecule has 2 fully saturated rings. The zero-order chi connectivity index (χ0) is 35.9. The van der Waals surface area contributed by atoms with Crippen molar-refractivity contribution in [1.82, 2.24) is 10.2 Å². The van der Waals surface area contributed by atoms with E-state index >= 15 is 4.79 Å². The van der Waals surface area contributed by atoms with Crippen LogP contribution >= 0.6 is 27.5 Å². The maximum atomic E-state index is 15.3. The number of carbonyl (C=O) groups excluding carboxylic acids is 4. The standard InChI is InChI=1S/C38H43BrClN3O7/c1-5-21(2)27(20-44)43-34-36(47)42(31-22(3)13-12-16-26(31)40)18-11-7-10-17-28(45)41-23(4)32(24-14-8-6-9-15-24)49-37(48)29-30(35(43)46)38(34)19-25(39)33(29)50-38/h6-9,11-16,19,21,23,27,29-30,32-34,44H,5,10,17-18,20H2,1-4H3,(H,41,45)/b11-7-/t21-,23-,27-,29+,30-,32+,33+,34+,38-/m0/s1. The zero-order valence-electron chi connectivity index (χ0n) is 28.6. The van der Waals surface area contributed by atoms with Crippen molar-refractivity contribution in [2.45, 2.75) is 82.9 Å². The highest BCUT2D eigenvalue weighted by Crippen LogP contribution is 2.60. The van der Waals surface area contributed by atoms with Crippen molar-refractivity contribution < 1.29 is 33.8 Å². The van der Waals surface area contributed by atoms with Gasteiger partial charge in [0.05, 0.1) is 35.3 Å². The molecule has 4 heterocycles. The lowest BCUT2D eigenvalue weighted by Gasteiger charge is -2.40. The molecule has 4 aliphatic rings. The Kier molecular flexibility index (Phi) is 10.6. The number of aliphatic hydroxyl groups excluding tert-OH is 1. The minimum atomic E-state index is -1.55. The minimum Gasteiger partial charge on any atom is -0.455 e. The molecule has 0 aliphatic carbocycles. The highest BCUT2D eigenvalue weighted by atomic mass is 79.9. The molecule has 2 aromatic carbocycles. The van der Waals surface area contributed by atoms with Crippen LogP contribution in [-0.4, -0.2) is 76.7 Å². The Hall–Kier alpha value is -3.51. The fourth-order valence-corrected chi connectivity index (χ4v) is 9.06. The number of amides is 3. The van der Waals surface area contributed by atoms with E-state index in [0.29, 0.717) is 33.6 Å². The molecule has 266 valence electrons. The predicted molar refractivity (Wildman–Crippen MR) is 192 cm³/mol. The number of rotatable bonds is 6. The van der Waals surface area contributed by atoms with Gasteiger partial charge in [0, 0.05) is 17.4 Å². The summed E-state index contributed by atoms with van der Waals surface area (Å²) >= 11 is 10.4. The van der Waals surface area contributed by atoms with E-state index in [9.17, 15) is 19.5 Å². The molecule has 0 aromatic heterocycles. The number of aryl methyl sites for hydroxylation is 1. The van der Waals surface area contributed by atoms with Crippen molar-refractivity contribution in [2.75, 3.05) is 18.1 Å². The number of likely N-dealkylation sites (tertiary alicyclic amines) is 1. The number of halogens is 2. The largest absolute Gasteiger partial charge is 0.455 e. The number of esters is 1. The molecule has 10 nitrogen and oxygen atoms in total. The van der Waals surface area contributed by atoms with Crippen LogP contribution < -0.4 is 10.2 Å². The zero-order valence-corrected chi connectivity index (χ0v) is 30.9. The van der Waals surface area contributed by atoms with Crippen molar-refractivity contribution in [1.29, 1.82) is 0 Å². The molecule has 0 unspecified atom stereocenters. The van der Waals surface area contributed by atoms with Crippen LogP contribution in [-0.2, 0) is 28.7 Å². The molecule has 0 radical (unpaired) electrons. The third-order valence-electron chi connectivity index (χ3n) is 10.6. The van der Waals surface area contributed by atoms with Gasteiger partial charge in [0.1, 0.15) is 29.8 Å². The van der Waals surface area contributed by atoms with Crippen molar-refractivity contribution in [2.24, 2.45) is 17.8 Å². The van der Waals surface area contributed by atoms with Crippen LogP contribution in [0, 0.1) is 24.7 Å². The molecule has 6 rings (SSSR count). The number of anilines is 1. The summed E-state index contributed by atoms with van der Waals surface area (Å²) in [4.78, 5) is 60.7. The van der Waals surface area contributed by atoms with E-state index in [4.69, 9.17) is 21.1 Å². The summed E-state index contributed by atoms with van der Waals surface area (Å²) in [5, 5.41) is 14.1. The fraction of sp³-hybridized carbons (Fsp3) is 0.474. The number of aliphatic hydroxyl groups is 1. The van der Waals surface area contributed by atoms with Gasteiger partial charge in [-0.15, -0.1) is 0 Å². The Bertz CT molecular complexity index is 1700. The SMILES string of the molecule is CC[C@H](C)[C@H](CO)N1C(=O)[C@@H]2[C@H]3C(=O)O[C@@H](c4ccccc4)[C@H](C)NC(=O)CC/C=C\CN(c4c(C)cccc4Cl)C(=O)[C@@H]1[C@]21C=C(Br)[C@H]3O1. The maximum Gasteiger partial charge on any atom is 0.313 e. The Balaban J connectivity index is 1.53. The molecule has 2 saturated heterocycles. The first kappa shape index (κ1) is 36.3. The molecular weight excluding hydrogens is 726 g/mol. The molecule has 4 aliphatic heterocycles. The van der Waals surface area contributed by atoms with E-state index < -0.39 is 72.2 Å². The van der Waals surface area contributed by atoms with E-state index in [-0.39, 0.29) is 24.8 Å². The normalized spacial score (nSPS) is 31.9. The molecule has 50 heavy (non-hydrogen) atoms. The van der Waals surface area contributed by atoms with Gasteiger partial charge in [-0.2, -0.15) is 0 Å². The average molecular weight is 769 g/mol. The molecular formula is C38H43BrClN3O7. The lowest BCUT2D eigenvalue weighted by molar-refractivity contribution is -0.162. The second kappa shape index (κ2) is 14.6. The van der Waals surface area contributed by atoms with Crippen molar-refractivity contribution in [3.05, 3.63) is 87.4 Å². The Morgan fingerprint density at radius 1 is 1.06 bits per heavy atom. The molecule has 2 N–H and O–H groups in total. The number of allylic oxidation sites excluding steroid dienone is 1. The number of nitrogens with zero attached hydrogens (tertiary/aromatic N) is 2. The van der Waals surface area contributed by atoms with Crippen LogP contribution in [0.1, 0.15) is 57.3 Å². The summed E-state index contributed by atoms with van der Waals surface area (Å²) < 4.78 is 13.5. The molecule has 0 saturated carbocycles. The Morgan fingerprint density at radius 3 is 2.48 bits per heavy atom. The van der Waals surface area contributed by atoms with Crippen LogP contribution in [0.15, 0.2) is 71.2 Å². The third kappa shape index (κ3) is 6.20. The first-order valence-corrected chi connectivity index (χ1v) is 18.4. The number of cyclic esters (lactones) is 1. The van der Waals surface area contributed by atoms with Gasteiger partial charge in [0.2, 0.25) is 11.8 Å². The van der Waals surface area contributed by atoms with E-state index in [1.807, 2.05) is 69.3 Å². The molecule has 1 spiro atoms. The second-order valence-electron chi connectivity index (χ2n) is 13.7. The van der Waals surface area contributed by atoms with Gasteiger partial charge in [-0.1, -0.05) is 102 Å². The highest BCUT2D eigenvalue weighted by Gasteiger charge is 2.75. The van der Waals surface area contributed by atoms with Gasteiger partial charge in [0.15, 0.2) is 0 Å². The smallest absolute Gasteiger partial charge is 0.313 e. The van der Waals surface area contributed by atoms with Crippen LogP contribution in [0.2, 0.25) is 5.02 Å². The number of fused-ring (bicyclic) bond motifs is 2. The predicted octanol–water partition coefficient (Wildman–Crippen LogP) is 5.40. The van der Waals surface area contributed by atoms with Crippen LogP contribution in [0.4, 0.5) is 5.69 Å². The van der Waals surface area contributed by atoms with Crippen LogP contribution in [0.5, 0.6) is 0 Å². The molecule has 9 atom stereocenters. The molecule has 12 heteroatoms.